The second-order valence-electron chi connectivity index (χ2n) is 5.13. The van der Waals surface area contributed by atoms with Gasteiger partial charge in [-0.1, -0.05) is 12.1 Å². The van der Waals surface area contributed by atoms with Crippen molar-refractivity contribution in [2.75, 3.05) is 7.11 Å². The number of carbonyl (C=O) groups is 2. The third-order valence-electron chi connectivity index (χ3n) is 3.37. The monoisotopic (exact) mass is 391 g/mol. The van der Waals surface area contributed by atoms with E-state index in [1.54, 1.807) is 12.1 Å². The van der Waals surface area contributed by atoms with Gasteiger partial charge in [0.15, 0.2) is 0 Å². The molecule has 0 aliphatic carbocycles. The summed E-state index contributed by atoms with van der Waals surface area (Å²) in [5, 5.41) is 1.74. The van der Waals surface area contributed by atoms with Crippen LogP contribution in [-0.4, -0.2) is 26.7 Å². The highest BCUT2D eigenvalue weighted by molar-refractivity contribution is 8.18. The molecule has 0 bridgehead atoms. The minimum atomic E-state index is -3.97. The molecule has 0 saturated carbocycles. The molecule has 2 aromatic rings. The van der Waals surface area contributed by atoms with Crippen LogP contribution in [-0.2, 0) is 14.9 Å². The number of benzene rings is 2. The molecule has 0 radical (unpaired) electrons. The van der Waals surface area contributed by atoms with Crippen LogP contribution < -0.4 is 14.2 Å². The van der Waals surface area contributed by atoms with Crippen molar-refractivity contribution >= 4 is 39.1 Å². The van der Waals surface area contributed by atoms with Gasteiger partial charge in [-0.25, -0.2) is 0 Å². The molecule has 0 unspecified atom stereocenters. The number of hydrogen-bond donors (Lipinski definition) is 1. The minimum Gasteiger partial charge on any atom is -0.497 e. The van der Waals surface area contributed by atoms with Crippen LogP contribution in [0.4, 0.5) is 4.79 Å². The van der Waals surface area contributed by atoms with Crippen LogP contribution in [0.2, 0.25) is 0 Å². The lowest BCUT2D eigenvalue weighted by Crippen LogP contribution is -2.17. The highest BCUT2D eigenvalue weighted by Crippen LogP contribution is 2.27. The Kier molecular flexibility index (Phi) is 5.01. The maximum Gasteiger partial charge on any atom is 0.339 e. The highest BCUT2D eigenvalue weighted by atomic mass is 32.2. The molecule has 1 heterocycles. The molecule has 1 aliphatic rings. The number of rotatable bonds is 5. The molecule has 1 aliphatic heterocycles. The normalized spacial score (nSPS) is 15.8. The van der Waals surface area contributed by atoms with Gasteiger partial charge in [-0.05, 0) is 59.8 Å². The van der Waals surface area contributed by atoms with E-state index in [9.17, 15) is 18.0 Å². The number of methoxy groups -OCH3 is 1. The zero-order valence-corrected chi connectivity index (χ0v) is 15.1. The standard InChI is InChI=1S/C17H13NO6S2/c1-23-12-6-8-14(9-7-12)26(21,22)24-13-4-2-11(3-5-13)10-15-16(19)18-17(20)25-15/h2-10H,1H3,(H,18,19,20)/b15-10-. The highest BCUT2D eigenvalue weighted by Gasteiger charge is 2.25. The zero-order chi connectivity index (χ0) is 18.7. The van der Waals surface area contributed by atoms with Crippen LogP contribution >= 0.6 is 11.8 Å². The molecule has 3 rings (SSSR count). The number of imide groups is 1. The first-order chi connectivity index (χ1) is 12.4. The second kappa shape index (κ2) is 7.22. The Morgan fingerprint density at radius 3 is 2.12 bits per heavy atom. The van der Waals surface area contributed by atoms with Crippen molar-refractivity contribution < 1.29 is 26.9 Å². The molecule has 7 nitrogen and oxygen atoms in total. The van der Waals surface area contributed by atoms with Gasteiger partial charge < -0.3 is 8.92 Å². The van der Waals surface area contributed by atoms with Gasteiger partial charge >= 0.3 is 10.1 Å². The number of nitrogens with one attached hydrogen (secondary N) is 1. The lowest BCUT2D eigenvalue weighted by molar-refractivity contribution is -0.115. The molecule has 9 heteroatoms. The van der Waals surface area contributed by atoms with E-state index in [-0.39, 0.29) is 15.6 Å². The van der Waals surface area contributed by atoms with E-state index >= 15 is 0 Å². The first-order valence-corrected chi connectivity index (χ1v) is 9.53. The molecule has 134 valence electrons. The van der Waals surface area contributed by atoms with Gasteiger partial charge in [-0.3, -0.25) is 14.9 Å². The summed E-state index contributed by atoms with van der Waals surface area (Å²) in [6.07, 6.45) is 1.53. The van der Waals surface area contributed by atoms with Crippen LogP contribution in [0.25, 0.3) is 6.08 Å². The number of amides is 2. The summed E-state index contributed by atoms with van der Waals surface area (Å²) in [6.45, 7) is 0. The Balaban J connectivity index is 1.75. The lowest BCUT2D eigenvalue weighted by Gasteiger charge is -2.08. The fourth-order valence-electron chi connectivity index (χ4n) is 2.11. The number of ether oxygens (including phenoxy) is 1. The van der Waals surface area contributed by atoms with Crippen LogP contribution in [0.5, 0.6) is 11.5 Å². The molecule has 0 aromatic heterocycles. The van der Waals surface area contributed by atoms with Crippen LogP contribution in [0.1, 0.15) is 5.56 Å². The maximum absolute atomic E-state index is 12.3. The summed E-state index contributed by atoms with van der Waals surface area (Å²) < 4.78 is 34.6. The fourth-order valence-corrected chi connectivity index (χ4v) is 3.72. The average Bonchev–Trinajstić information content (AvgIpc) is 2.93. The van der Waals surface area contributed by atoms with E-state index in [4.69, 9.17) is 8.92 Å². The van der Waals surface area contributed by atoms with Gasteiger partial charge in [-0.2, -0.15) is 8.42 Å². The van der Waals surface area contributed by atoms with E-state index in [0.717, 1.165) is 11.8 Å². The third kappa shape index (κ3) is 4.06. The lowest BCUT2D eigenvalue weighted by atomic mass is 10.2. The molecule has 1 N–H and O–H groups in total. The molecule has 2 amide bonds. The van der Waals surface area contributed by atoms with E-state index in [0.29, 0.717) is 11.3 Å². The molecule has 2 aromatic carbocycles. The SMILES string of the molecule is COc1ccc(S(=O)(=O)Oc2ccc(/C=C3\SC(=O)NC3=O)cc2)cc1. The topological polar surface area (TPSA) is 98.8 Å². The number of carbonyl (C=O) groups excluding carboxylic acids is 2. The van der Waals surface area contributed by atoms with Gasteiger partial charge in [0.25, 0.3) is 11.1 Å². The average molecular weight is 391 g/mol. The summed E-state index contributed by atoms with van der Waals surface area (Å²) in [5.74, 6) is 0.207. The molecule has 1 fully saturated rings. The van der Waals surface area contributed by atoms with Crippen molar-refractivity contribution in [2.24, 2.45) is 0 Å². The maximum atomic E-state index is 12.3. The fraction of sp³-hybridized carbons (Fsp3) is 0.0588. The van der Waals surface area contributed by atoms with Gasteiger partial charge in [0.1, 0.15) is 16.4 Å². The smallest absolute Gasteiger partial charge is 0.339 e. The first kappa shape index (κ1) is 18.0. The van der Waals surface area contributed by atoms with Crippen molar-refractivity contribution in [3.05, 3.63) is 59.0 Å². The van der Waals surface area contributed by atoms with E-state index in [2.05, 4.69) is 5.32 Å². The summed E-state index contributed by atoms with van der Waals surface area (Å²) in [6, 6.07) is 11.9. The van der Waals surface area contributed by atoms with Crippen molar-refractivity contribution in [3.63, 3.8) is 0 Å². The molecule has 0 spiro atoms. The van der Waals surface area contributed by atoms with Crippen molar-refractivity contribution in [1.82, 2.24) is 5.32 Å². The molecular weight excluding hydrogens is 378 g/mol. The Hall–Kier alpha value is -2.78. The summed E-state index contributed by atoms with van der Waals surface area (Å²) in [5.41, 5.74) is 0.631. The molecule has 1 saturated heterocycles. The van der Waals surface area contributed by atoms with Crippen LogP contribution in [0.3, 0.4) is 0 Å². The van der Waals surface area contributed by atoms with Gasteiger partial charge in [0, 0.05) is 0 Å². The number of thioether (sulfide) groups is 1. The van der Waals surface area contributed by atoms with Gasteiger partial charge in [0.2, 0.25) is 0 Å². The van der Waals surface area contributed by atoms with Crippen LogP contribution in [0, 0.1) is 0 Å². The predicted octanol–water partition coefficient (Wildman–Crippen LogP) is 2.79. The minimum absolute atomic E-state index is 0.00188. The second-order valence-corrected chi connectivity index (χ2v) is 7.70. The Bertz CT molecular complexity index is 979. The summed E-state index contributed by atoms with van der Waals surface area (Å²) in [4.78, 5) is 22.9. The molecule has 26 heavy (non-hydrogen) atoms. The van der Waals surface area contributed by atoms with Gasteiger partial charge in [0.05, 0.1) is 12.0 Å². The Morgan fingerprint density at radius 1 is 0.962 bits per heavy atom. The quantitative estimate of drug-likeness (QED) is 0.618. The van der Waals surface area contributed by atoms with Crippen molar-refractivity contribution in [2.45, 2.75) is 4.90 Å². The predicted molar refractivity (Wildman–Crippen MR) is 96.4 cm³/mol. The van der Waals surface area contributed by atoms with E-state index in [1.807, 2.05) is 0 Å². The third-order valence-corrected chi connectivity index (χ3v) is 5.45. The Labute approximate surface area is 154 Å². The zero-order valence-electron chi connectivity index (χ0n) is 13.5. The molecule has 0 atom stereocenters. The summed E-state index contributed by atoms with van der Waals surface area (Å²) in [7, 11) is -2.49. The summed E-state index contributed by atoms with van der Waals surface area (Å²) >= 11 is 0.807. The first-order valence-electron chi connectivity index (χ1n) is 7.31. The van der Waals surface area contributed by atoms with Gasteiger partial charge in [-0.15, -0.1) is 0 Å². The number of hydrogen-bond acceptors (Lipinski definition) is 7. The largest absolute Gasteiger partial charge is 0.497 e. The van der Waals surface area contributed by atoms with E-state index < -0.39 is 21.3 Å². The van der Waals surface area contributed by atoms with Crippen LogP contribution in [0.15, 0.2) is 58.3 Å². The van der Waals surface area contributed by atoms with Crippen molar-refractivity contribution in [1.29, 1.82) is 0 Å². The van der Waals surface area contributed by atoms with E-state index in [1.165, 1.54) is 49.6 Å². The molecular formula is C17H13NO6S2. The Morgan fingerprint density at radius 2 is 1.58 bits per heavy atom. The van der Waals surface area contributed by atoms with Crippen molar-refractivity contribution in [3.8, 4) is 11.5 Å².